The topological polar surface area (TPSA) is 74.3 Å². The molecule has 0 saturated heterocycles. The quantitative estimate of drug-likeness (QED) is 0.301. The average Bonchev–Trinajstić information content (AvgIpc) is 3.24. The number of carbonyl (C=O) groups is 2. The van der Waals surface area contributed by atoms with E-state index in [2.05, 4.69) is 47.8 Å². The van der Waals surface area contributed by atoms with Crippen LogP contribution in [0, 0.1) is 5.92 Å². The van der Waals surface area contributed by atoms with Gasteiger partial charge in [-0.3, -0.25) is 9.59 Å². The highest BCUT2D eigenvalue weighted by atomic mass is 16.1. The van der Waals surface area contributed by atoms with Gasteiger partial charge in [0.05, 0.1) is 5.52 Å². The van der Waals surface area contributed by atoms with Crippen molar-refractivity contribution in [3.8, 4) is 11.1 Å². The molecule has 6 heteroatoms. The molecule has 2 N–H and O–H groups in total. The summed E-state index contributed by atoms with van der Waals surface area (Å²) in [6.45, 7) is 0.643. The van der Waals surface area contributed by atoms with E-state index < -0.39 is 0 Å². The SMILES string of the molecule is CN(C)c1cc(NC2CCC(CNC(=O)c3cccc4c3-c3ccccc3C4=O)CC2)nc2ccccc12. The summed E-state index contributed by atoms with van der Waals surface area (Å²) in [6.07, 6.45) is 4.16. The van der Waals surface area contributed by atoms with Crippen molar-refractivity contribution in [1.29, 1.82) is 0 Å². The first-order valence-electron chi connectivity index (χ1n) is 13.4. The Morgan fingerprint density at radius 1 is 0.895 bits per heavy atom. The number of anilines is 2. The molecule has 1 heterocycles. The Hall–Kier alpha value is -4.19. The fourth-order valence-corrected chi connectivity index (χ4v) is 5.92. The van der Waals surface area contributed by atoms with E-state index in [1.54, 1.807) is 6.07 Å². The molecule has 0 atom stereocenters. The van der Waals surface area contributed by atoms with Gasteiger partial charge in [-0.1, -0.05) is 54.6 Å². The molecule has 0 aliphatic heterocycles. The van der Waals surface area contributed by atoms with E-state index in [-0.39, 0.29) is 11.7 Å². The Bertz CT molecular complexity index is 1540. The maximum atomic E-state index is 13.2. The Morgan fingerprint density at radius 2 is 1.61 bits per heavy atom. The third-order valence-electron chi connectivity index (χ3n) is 7.92. The summed E-state index contributed by atoms with van der Waals surface area (Å²) in [5, 5.41) is 7.98. The normalized spacial score (nSPS) is 18.1. The first kappa shape index (κ1) is 24.2. The number of benzene rings is 3. The molecule has 2 aliphatic carbocycles. The number of aromatic nitrogens is 1. The lowest BCUT2D eigenvalue weighted by molar-refractivity contribution is 0.0944. The number of fused-ring (bicyclic) bond motifs is 4. The molecule has 6 nitrogen and oxygen atoms in total. The molecule has 1 saturated carbocycles. The molecule has 4 aromatic rings. The summed E-state index contributed by atoms with van der Waals surface area (Å²) in [4.78, 5) is 33.0. The lowest BCUT2D eigenvalue weighted by Crippen LogP contribution is -2.34. The maximum absolute atomic E-state index is 13.2. The number of hydrogen-bond acceptors (Lipinski definition) is 5. The molecule has 1 amide bonds. The number of amides is 1. The second-order valence-corrected chi connectivity index (χ2v) is 10.6. The third-order valence-corrected chi connectivity index (χ3v) is 7.92. The van der Waals surface area contributed by atoms with Gasteiger partial charge in [0.1, 0.15) is 5.82 Å². The second-order valence-electron chi connectivity index (χ2n) is 10.6. The summed E-state index contributed by atoms with van der Waals surface area (Å²) < 4.78 is 0. The summed E-state index contributed by atoms with van der Waals surface area (Å²) in [6, 6.07) is 23.7. The fourth-order valence-electron chi connectivity index (χ4n) is 5.92. The number of nitrogens with zero attached hydrogens (tertiary/aromatic N) is 2. The number of ketones is 1. The molecule has 1 aromatic heterocycles. The number of hydrogen-bond donors (Lipinski definition) is 2. The number of rotatable bonds is 6. The Balaban J connectivity index is 1.08. The molecule has 0 bridgehead atoms. The van der Waals surface area contributed by atoms with Gasteiger partial charge in [-0.05, 0) is 49.3 Å². The molecule has 1 fully saturated rings. The van der Waals surface area contributed by atoms with Crippen molar-refractivity contribution in [2.24, 2.45) is 5.92 Å². The molecular formula is C32H32N4O2. The third kappa shape index (κ3) is 4.40. The predicted octanol–water partition coefficient (Wildman–Crippen LogP) is 5.91. The van der Waals surface area contributed by atoms with Crippen LogP contribution in [-0.4, -0.2) is 43.4 Å². The van der Waals surface area contributed by atoms with E-state index in [0.717, 1.165) is 59.2 Å². The van der Waals surface area contributed by atoms with Gasteiger partial charge in [-0.15, -0.1) is 0 Å². The van der Waals surface area contributed by atoms with Crippen molar-refractivity contribution in [1.82, 2.24) is 10.3 Å². The van der Waals surface area contributed by atoms with E-state index in [0.29, 0.717) is 35.2 Å². The van der Waals surface area contributed by atoms with Gasteiger partial charge in [0.15, 0.2) is 5.78 Å². The van der Waals surface area contributed by atoms with Crippen LogP contribution in [0.2, 0.25) is 0 Å². The van der Waals surface area contributed by atoms with Crippen LogP contribution >= 0.6 is 0 Å². The lowest BCUT2D eigenvalue weighted by Gasteiger charge is -2.30. The van der Waals surface area contributed by atoms with Crippen LogP contribution < -0.4 is 15.5 Å². The van der Waals surface area contributed by atoms with Gasteiger partial charge in [-0.2, -0.15) is 0 Å². The molecule has 0 spiro atoms. The van der Waals surface area contributed by atoms with Crippen LogP contribution in [0.3, 0.4) is 0 Å². The number of pyridine rings is 1. The van der Waals surface area contributed by atoms with Gasteiger partial charge >= 0.3 is 0 Å². The average molecular weight is 505 g/mol. The van der Waals surface area contributed by atoms with Gasteiger partial charge in [-0.25, -0.2) is 4.98 Å². The van der Waals surface area contributed by atoms with Crippen LogP contribution in [0.4, 0.5) is 11.5 Å². The lowest BCUT2D eigenvalue weighted by atomic mass is 9.86. The van der Waals surface area contributed by atoms with E-state index in [1.165, 1.54) is 0 Å². The Labute approximate surface area is 223 Å². The van der Waals surface area contributed by atoms with Crippen LogP contribution in [-0.2, 0) is 0 Å². The highest BCUT2D eigenvalue weighted by Crippen LogP contribution is 2.39. The van der Waals surface area contributed by atoms with Crippen LogP contribution in [0.25, 0.3) is 22.0 Å². The fraction of sp³-hybridized carbons (Fsp3) is 0.281. The van der Waals surface area contributed by atoms with Crippen molar-refractivity contribution >= 4 is 34.1 Å². The summed E-state index contributed by atoms with van der Waals surface area (Å²) >= 11 is 0. The van der Waals surface area contributed by atoms with Crippen LogP contribution in [0.1, 0.15) is 52.0 Å². The summed E-state index contributed by atoms with van der Waals surface area (Å²) in [5.74, 6) is 1.24. The number of nitrogens with one attached hydrogen (secondary N) is 2. The first-order chi connectivity index (χ1) is 18.5. The summed E-state index contributed by atoms with van der Waals surface area (Å²) in [5.41, 5.74) is 5.64. The molecule has 6 rings (SSSR count). The first-order valence-corrected chi connectivity index (χ1v) is 13.4. The Kier molecular flexibility index (Phi) is 6.32. The van der Waals surface area contributed by atoms with Gasteiger partial charge < -0.3 is 15.5 Å². The number of para-hydroxylation sites is 1. The van der Waals surface area contributed by atoms with Gasteiger partial charge in [0.2, 0.25) is 0 Å². The second kappa shape index (κ2) is 9.93. The monoisotopic (exact) mass is 504 g/mol. The molecule has 192 valence electrons. The van der Waals surface area contributed by atoms with Crippen molar-refractivity contribution in [2.75, 3.05) is 30.9 Å². The van der Waals surface area contributed by atoms with E-state index in [9.17, 15) is 9.59 Å². The van der Waals surface area contributed by atoms with Gasteiger partial charge in [0, 0.05) is 66.1 Å². The van der Waals surface area contributed by atoms with E-state index in [4.69, 9.17) is 4.98 Å². The smallest absolute Gasteiger partial charge is 0.251 e. The zero-order valence-electron chi connectivity index (χ0n) is 21.8. The van der Waals surface area contributed by atoms with Crippen LogP contribution in [0.15, 0.2) is 72.8 Å². The minimum Gasteiger partial charge on any atom is -0.377 e. The summed E-state index contributed by atoms with van der Waals surface area (Å²) in [7, 11) is 4.12. The zero-order chi connectivity index (χ0) is 26.2. The van der Waals surface area contributed by atoms with Crippen molar-refractivity contribution < 1.29 is 9.59 Å². The molecule has 3 aromatic carbocycles. The molecule has 0 radical (unpaired) electrons. The highest BCUT2D eigenvalue weighted by molar-refractivity contribution is 6.24. The van der Waals surface area contributed by atoms with E-state index in [1.807, 2.05) is 48.5 Å². The van der Waals surface area contributed by atoms with Crippen molar-refractivity contribution in [3.63, 3.8) is 0 Å². The van der Waals surface area contributed by atoms with Crippen LogP contribution in [0.5, 0.6) is 0 Å². The number of carbonyl (C=O) groups excluding carboxylic acids is 2. The Morgan fingerprint density at radius 3 is 2.39 bits per heavy atom. The minimum absolute atomic E-state index is 0.00493. The largest absolute Gasteiger partial charge is 0.377 e. The van der Waals surface area contributed by atoms with E-state index >= 15 is 0 Å². The zero-order valence-corrected chi connectivity index (χ0v) is 21.8. The minimum atomic E-state index is -0.108. The maximum Gasteiger partial charge on any atom is 0.251 e. The molecular weight excluding hydrogens is 472 g/mol. The molecule has 38 heavy (non-hydrogen) atoms. The predicted molar refractivity (Wildman–Crippen MR) is 153 cm³/mol. The molecule has 0 unspecified atom stereocenters. The van der Waals surface area contributed by atoms with Crippen molar-refractivity contribution in [3.05, 3.63) is 89.5 Å². The highest BCUT2D eigenvalue weighted by Gasteiger charge is 2.30. The van der Waals surface area contributed by atoms with Gasteiger partial charge in [0.25, 0.3) is 5.91 Å². The van der Waals surface area contributed by atoms with Crippen molar-refractivity contribution in [2.45, 2.75) is 31.7 Å². The standard InChI is InChI=1S/C32H32N4O2/c1-36(2)28-18-29(35-27-13-6-5-10-24(27)28)34-21-16-14-20(15-17-21)19-33-32(38)26-12-7-11-25-30(26)22-8-3-4-9-23(22)31(25)37/h3-13,18,20-21H,14-17,19H2,1-2H3,(H,33,38)(H,34,35). The molecule has 2 aliphatic rings.